The largest absolute Gasteiger partial charge is 0.495 e. The Hall–Kier alpha value is -2.90. The first kappa shape index (κ1) is 23.3. The second-order valence-electron chi connectivity index (χ2n) is 9.17. The number of rotatable bonds is 5. The van der Waals surface area contributed by atoms with E-state index in [9.17, 15) is 18.0 Å². The van der Waals surface area contributed by atoms with Crippen molar-refractivity contribution in [1.82, 2.24) is 5.32 Å². The molecule has 0 aliphatic carbocycles. The van der Waals surface area contributed by atoms with E-state index in [2.05, 4.69) is 15.1 Å². The Balaban J connectivity index is 1.68. The first-order valence-corrected chi connectivity index (χ1v) is 11.3. The summed E-state index contributed by atoms with van der Waals surface area (Å²) in [5, 5.41) is 3.01. The molecular formula is C25H30F3N3O2. The van der Waals surface area contributed by atoms with E-state index in [0.717, 1.165) is 23.2 Å². The lowest BCUT2D eigenvalue weighted by Crippen LogP contribution is -2.61. The third-order valence-corrected chi connectivity index (χ3v) is 6.49. The van der Waals surface area contributed by atoms with Gasteiger partial charge in [0.2, 0.25) is 5.91 Å². The summed E-state index contributed by atoms with van der Waals surface area (Å²) in [6, 6.07) is 11.5. The van der Waals surface area contributed by atoms with Crippen molar-refractivity contribution in [2.45, 2.75) is 32.5 Å². The predicted molar refractivity (Wildman–Crippen MR) is 123 cm³/mol. The number of benzene rings is 2. The van der Waals surface area contributed by atoms with E-state index >= 15 is 0 Å². The second-order valence-corrected chi connectivity index (χ2v) is 9.17. The Kier molecular flexibility index (Phi) is 6.45. The number of anilines is 2. The quantitative estimate of drug-likeness (QED) is 0.719. The monoisotopic (exact) mass is 461 g/mol. The van der Waals surface area contributed by atoms with E-state index in [4.69, 9.17) is 4.74 Å². The number of halogens is 3. The van der Waals surface area contributed by atoms with Crippen LogP contribution in [0, 0.1) is 11.8 Å². The maximum Gasteiger partial charge on any atom is 0.416 e. The van der Waals surface area contributed by atoms with Crippen molar-refractivity contribution in [3.63, 3.8) is 0 Å². The van der Waals surface area contributed by atoms with Gasteiger partial charge in [0, 0.05) is 31.9 Å². The fourth-order valence-electron chi connectivity index (χ4n) is 4.85. The molecule has 0 aromatic heterocycles. The number of fused-ring (bicyclic) bond motifs is 3. The van der Waals surface area contributed by atoms with Crippen LogP contribution >= 0.6 is 0 Å². The highest BCUT2D eigenvalue weighted by molar-refractivity contribution is 5.82. The lowest BCUT2D eigenvalue weighted by atomic mass is 9.82. The zero-order chi connectivity index (χ0) is 23.8. The van der Waals surface area contributed by atoms with Gasteiger partial charge in [-0.05, 0) is 48.2 Å². The summed E-state index contributed by atoms with van der Waals surface area (Å²) in [6.07, 6.45) is -4.13. The second kappa shape index (κ2) is 9.15. The zero-order valence-electron chi connectivity index (χ0n) is 19.2. The van der Waals surface area contributed by atoms with Gasteiger partial charge in [0.25, 0.3) is 0 Å². The maximum absolute atomic E-state index is 13.4. The Morgan fingerprint density at radius 1 is 1.15 bits per heavy atom. The van der Waals surface area contributed by atoms with Crippen LogP contribution in [0.1, 0.15) is 25.0 Å². The number of methoxy groups -OCH3 is 1. The summed E-state index contributed by atoms with van der Waals surface area (Å²) < 4.78 is 45.6. The molecule has 2 atom stereocenters. The molecule has 1 N–H and O–H groups in total. The van der Waals surface area contributed by atoms with E-state index in [1.807, 2.05) is 38.1 Å². The molecule has 2 heterocycles. The van der Waals surface area contributed by atoms with Gasteiger partial charge in [-0.1, -0.05) is 26.0 Å². The van der Waals surface area contributed by atoms with E-state index in [1.165, 1.54) is 6.07 Å². The molecule has 178 valence electrons. The molecule has 8 heteroatoms. The smallest absolute Gasteiger partial charge is 0.416 e. The molecule has 0 bridgehead atoms. The third kappa shape index (κ3) is 4.75. The van der Waals surface area contributed by atoms with Gasteiger partial charge in [0.15, 0.2) is 0 Å². The molecule has 2 aliphatic rings. The van der Waals surface area contributed by atoms with Gasteiger partial charge in [-0.15, -0.1) is 0 Å². The number of carbonyl (C=O) groups excluding carboxylic acids is 1. The minimum atomic E-state index is -4.41. The molecule has 1 fully saturated rings. The third-order valence-electron chi connectivity index (χ3n) is 6.49. The van der Waals surface area contributed by atoms with Crippen LogP contribution in [0.4, 0.5) is 24.5 Å². The van der Waals surface area contributed by atoms with Gasteiger partial charge in [-0.25, -0.2) is 0 Å². The van der Waals surface area contributed by atoms with Gasteiger partial charge in [0.05, 0.1) is 30.3 Å². The Morgan fingerprint density at radius 3 is 2.61 bits per heavy atom. The molecule has 0 radical (unpaired) electrons. The van der Waals surface area contributed by atoms with Crippen LogP contribution < -0.4 is 19.9 Å². The fraction of sp³-hybridized carbons (Fsp3) is 0.480. The van der Waals surface area contributed by atoms with Gasteiger partial charge >= 0.3 is 6.18 Å². The maximum atomic E-state index is 13.4. The zero-order valence-corrected chi connectivity index (χ0v) is 19.2. The molecule has 33 heavy (non-hydrogen) atoms. The molecule has 0 spiro atoms. The summed E-state index contributed by atoms with van der Waals surface area (Å²) >= 11 is 0. The van der Waals surface area contributed by atoms with Gasteiger partial charge in [0.1, 0.15) is 5.75 Å². The van der Waals surface area contributed by atoms with Crippen LogP contribution in [0.25, 0.3) is 0 Å². The summed E-state index contributed by atoms with van der Waals surface area (Å²) in [6.45, 7) is 6.44. The lowest BCUT2D eigenvalue weighted by molar-refractivity contribution is -0.137. The molecule has 4 rings (SSSR count). The van der Waals surface area contributed by atoms with Gasteiger partial charge in [-0.3, -0.25) is 4.79 Å². The molecule has 2 aliphatic heterocycles. The Bertz CT molecular complexity index is 1010. The van der Waals surface area contributed by atoms with Crippen molar-refractivity contribution in [3.8, 4) is 5.75 Å². The highest BCUT2D eigenvalue weighted by atomic mass is 19.4. The van der Waals surface area contributed by atoms with Crippen molar-refractivity contribution in [1.29, 1.82) is 0 Å². The van der Waals surface area contributed by atoms with Crippen LogP contribution in [-0.4, -0.2) is 45.2 Å². The molecule has 2 unspecified atom stereocenters. The number of amides is 1. The first-order valence-electron chi connectivity index (χ1n) is 11.3. The number of piperazine rings is 1. The fourth-order valence-corrected chi connectivity index (χ4v) is 4.85. The molecule has 2 aromatic carbocycles. The molecule has 2 aromatic rings. The molecule has 1 amide bonds. The standard InChI is InChI=1S/C25H30F3N3O2/c1-16(2)14-29-24(32)19-13-17-12-18(25(26,27)28)8-9-20(17)31-11-10-30(15-22(19)31)21-6-4-5-7-23(21)33-3/h4-9,12,16,19,22H,10-11,13-15H2,1-3H3,(H,29,32). The number of carbonyl (C=O) groups is 1. The van der Waals surface area contributed by atoms with E-state index in [0.29, 0.717) is 31.7 Å². The summed E-state index contributed by atoms with van der Waals surface area (Å²) in [4.78, 5) is 17.5. The summed E-state index contributed by atoms with van der Waals surface area (Å²) in [7, 11) is 1.63. The van der Waals surface area contributed by atoms with Crippen LogP contribution in [0.15, 0.2) is 42.5 Å². The first-order chi connectivity index (χ1) is 15.7. The van der Waals surface area contributed by atoms with E-state index in [1.54, 1.807) is 13.2 Å². The van der Waals surface area contributed by atoms with E-state index < -0.39 is 17.7 Å². The van der Waals surface area contributed by atoms with Crippen LogP contribution in [0.5, 0.6) is 5.75 Å². The predicted octanol–water partition coefficient (Wildman–Crippen LogP) is 4.35. The highest BCUT2D eigenvalue weighted by Crippen LogP contribution is 2.41. The Labute approximate surface area is 192 Å². The molecule has 0 saturated carbocycles. The van der Waals surface area contributed by atoms with Gasteiger partial charge < -0.3 is 19.9 Å². The summed E-state index contributed by atoms with van der Waals surface area (Å²) in [5.74, 6) is 0.493. The average molecular weight is 462 g/mol. The highest BCUT2D eigenvalue weighted by Gasteiger charge is 2.43. The van der Waals surface area contributed by atoms with Crippen molar-refractivity contribution in [3.05, 3.63) is 53.6 Å². The van der Waals surface area contributed by atoms with Gasteiger partial charge in [-0.2, -0.15) is 13.2 Å². The SMILES string of the molecule is COc1ccccc1N1CCN2c3ccc(C(F)(F)F)cc3CC(C(=O)NCC(C)C)C2C1. The van der Waals surface area contributed by atoms with Crippen molar-refractivity contribution in [2.75, 3.05) is 43.1 Å². The minimum Gasteiger partial charge on any atom is -0.495 e. The summed E-state index contributed by atoms with van der Waals surface area (Å²) in [5.41, 5.74) is 1.66. The number of para-hydroxylation sites is 2. The van der Waals surface area contributed by atoms with Crippen molar-refractivity contribution >= 4 is 17.3 Å². The number of nitrogens with one attached hydrogen (secondary N) is 1. The average Bonchev–Trinajstić information content (AvgIpc) is 2.80. The van der Waals surface area contributed by atoms with Crippen molar-refractivity contribution in [2.24, 2.45) is 11.8 Å². The van der Waals surface area contributed by atoms with Crippen molar-refractivity contribution < 1.29 is 22.7 Å². The normalized spacial score (nSPS) is 20.3. The number of ether oxygens (including phenoxy) is 1. The van der Waals surface area contributed by atoms with Crippen LogP contribution in [-0.2, 0) is 17.4 Å². The number of nitrogens with zero attached hydrogens (tertiary/aromatic N) is 2. The molecular weight excluding hydrogens is 431 g/mol. The topological polar surface area (TPSA) is 44.8 Å². The number of hydrogen-bond acceptors (Lipinski definition) is 4. The molecule has 5 nitrogen and oxygen atoms in total. The minimum absolute atomic E-state index is 0.108. The van der Waals surface area contributed by atoms with E-state index in [-0.39, 0.29) is 24.3 Å². The molecule has 1 saturated heterocycles. The van der Waals surface area contributed by atoms with Crippen LogP contribution in [0.3, 0.4) is 0 Å². The van der Waals surface area contributed by atoms with Crippen LogP contribution in [0.2, 0.25) is 0 Å². The number of hydrogen-bond donors (Lipinski definition) is 1. The Morgan fingerprint density at radius 2 is 1.91 bits per heavy atom. The lowest BCUT2D eigenvalue weighted by Gasteiger charge is -2.50. The number of alkyl halides is 3.